The molecule has 3 aromatic rings. The molecule has 3 rings (SSSR count). The second-order valence-electron chi connectivity index (χ2n) is 5.74. The minimum Gasteiger partial charge on any atom is -0.475 e. The van der Waals surface area contributed by atoms with E-state index in [-0.39, 0.29) is 5.78 Å². The number of aromatic amines is 1. The van der Waals surface area contributed by atoms with Crippen LogP contribution in [0.2, 0.25) is 0 Å². The Hall–Kier alpha value is -2.99. The summed E-state index contributed by atoms with van der Waals surface area (Å²) >= 11 is 0. The van der Waals surface area contributed by atoms with Crippen molar-refractivity contribution in [2.75, 3.05) is 19.8 Å². The highest BCUT2D eigenvalue weighted by molar-refractivity contribution is 5.96. The molecule has 0 aliphatic carbocycles. The van der Waals surface area contributed by atoms with Crippen LogP contribution in [0, 0.1) is 0 Å². The van der Waals surface area contributed by atoms with Gasteiger partial charge in [-0.15, -0.1) is 0 Å². The first-order valence-corrected chi connectivity index (χ1v) is 8.50. The second kappa shape index (κ2) is 8.40. The van der Waals surface area contributed by atoms with Crippen LogP contribution in [0.15, 0.2) is 42.9 Å². The van der Waals surface area contributed by atoms with Gasteiger partial charge in [0.2, 0.25) is 5.88 Å². The fourth-order valence-corrected chi connectivity index (χ4v) is 2.51. The molecule has 0 spiro atoms. The Morgan fingerprint density at radius 2 is 2.04 bits per heavy atom. The largest absolute Gasteiger partial charge is 0.475 e. The highest BCUT2D eigenvalue weighted by atomic mass is 16.5. The topological polar surface area (TPSA) is 77.1 Å². The van der Waals surface area contributed by atoms with Gasteiger partial charge in [0.15, 0.2) is 5.78 Å². The molecular formula is C20H21N3O3. The van der Waals surface area contributed by atoms with Gasteiger partial charge in [0.1, 0.15) is 12.3 Å². The predicted molar refractivity (Wildman–Crippen MR) is 101 cm³/mol. The molecule has 3 heterocycles. The number of H-pyrrole nitrogens is 1. The van der Waals surface area contributed by atoms with Crippen LogP contribution in [-0.4, -0.2) is 40.6 Å². The van der Waals surface area contributed by atoms with E-state index in [0.717, 1.165) is 27.7 Å². The quantitative estimate of drug-likeness (QED) is 0.495. The monoisotopic (exact) mass is 351 g/mol. The lowest BCUT2D eigenvalue weighted by Gasteiger charge is -2.06. The summed E-state index contributed by atoms with van der Waals surface area (Å²) < 4.78 is 10.8. The SMILES string of the molecule is CCOCCOc1ccc(-c2cnc3[nH]cc(/C=C/C(C)=O)c3c2)cn1. The fourth-order valence-electron chi connectivity index (χ4n) is 2.51. The molecule has 0 fully saturated rings. The van der Waals surface area contributed by atoms with Crippen molar-refractivity contribution in [1.82, 2.24) is 15.0 Å². The number of carbonyl (C=O) groups excluding carboxylic acids is 1. The van der Waals surface area contributed by atoms with Gasteiger partial charge in [0, 0.05) is 53.3 Å². The Bertz CT molecular complexity index is 914. The lowest BCUT2D eigenvalue weighted by atomic mass is 10.1. The first-order chi connectivity index (χ1) is 12.7. The Morgan fingerprint density at radius 3 is 2.77 bits per heavy atom. The van der Waals surface area contributed by atoms with Crippen molar-refractivity contribution in [2.45, 2.75) is 13.8 Å². The molecule has 6 nitrogen and oxygen atoms in total. The van der Waals surface area contributed by atoms with Crippen molar-refractivity contribution < 1.29 is 14.3 Å². The Labute approximate surface area is 151 Å². The summed E-state index contributed by atoms with van der Waals surface area (Å²) in [5.74, 6) is 0.571. The minimum absolute atomic E-state index is 0.00703. The highest BCUT2D eigenvalue weighted by Crippen LogP contribution is 2.25. The lowest BCUT2D eigenvalue weighted by Crippen LogP contribution is -2.06. The number of aromatic nitrogens is 3. The van der Waals surface area contributed by atoms with E-state index in [1.54, 1.807) is 24.5 Å². The Kier molecular flexibility index (Phi) is 5.76. The van der Waals surface area contributed by atoms with Gasteiger partial charge in [-0.3, -0.25) is 4.79 Å². The number of nitrogens with one attached hydrogen (secondary N) is 1. The average Bonchev–Trinajstić information content (AvgIpc) is 3.06. The molecule has 0 bridgehead atoms. The molecule has 6 heteroatoms. The van der Waals surface area contributed by atoms with E-state index in [4.69, 9.17) is 9.47 Å². The Balaban J connectivity index is 1.79. The number of ketones is 1. The maximum Gasteiger partial charge on any atom is 0.213 e. The van der Waals surface area contributed by atoms with Crippen LogP contribution in [0.4, 0.5) is 0 Å². The average molecular weight is 351 g/mol. The summed E-state index contributed by atoms with van der Waals surface area (Å²) in [5.41, 5.74) is 3.59. The maximum absolute atomic E-state index is 11.2. The lowest BCUT2D eigenvalue weighted by molar-refractivity contribution is -0.112. The van der Waals surface area contributed by atoms with Crippen molar-refractivity contribution >= 4 is 22.9 Å². The molecule has 0 aliphatic rings. The van der Waals surface area contributed by atoms with Gasteiger partial charge >= 0.3 is 0 Å². The number of ether oxygens (including phenoxy) is 2. The van der Waals surface area contributed by atoms with Crippen LogP contribution in [0.5, 0.6) is 5.88 Å². The van der Waals surface area contributed by atoms with E-state index in [0.29, 0.717) is 25.7 Å². The van der Waals surface area contributed by atoms with Gasteiger partial charge in [-0.2, -0.15) is 0 Å². The molecule has 0 aromatic carbocycles. The molecule has 0 radical (unpaired) electrons. The van der Waals surface area contributed by atoms with Crippen LogP contribution in [0.25, 0.3) is 28.2 Å². The number of fused-ring (bicyclic) bond motifs is 1. The third-order valence-corrected chi connectivity index (χ3v) is 3.81. The molecule has 0 saturated carbocycles. The minimum atomic E-state index is 0.00703. The number of hydrogen-bond acceptors (Lipinski definition) is 5. The molecule has 0 aliphatic heterocycles. The van der Waals surface area contributed by atoms with E-state index in [2.05, 4.69) is 15.0 Å². The first-order valence-electron chi connectivity index (χ1n) is 8.50. The summed E-state index contributed by atoms with van der Waals surface area (Å²) in [6, 6.07) is 5.81. The van der Waals surface area contributed by atoms with Gasteiger partial charge in [-0.25, -0.2) is 9.97 Å². The van der Waals surface area contributed by atoms with Crippen LogP contribution in [-0.2, 0) is 9.53 Å². The van der Waals surface area contributed by atoms with Crippen molar-refractivity contribution in [3.05, 3.63) is 48.4 Å². The smallest absolute Gasteiger partial charge is 0.213 e. The number of nitrogens with zero attached hydrogens (tertiary/aromatic N) is 2. The highest BCUT2D eigenvalue weighted by Gasteiger charge is 2.06. The van der Waals surface area contributed by atoms with Gasteiger partial charge in [-0.1, -0.05) is 0 Å². The van der Waals surface area contributed by atoms with Crippen LogP contribution in [0.3, 0.4) is 0 Å². The maximum atomic E-state index is 11.2. The van der Waals surface area contributed by atoms with Crippen LogP contribution < -0.4 is 4.74 Å². The van der Waals surface area contributed by atoms with Crippen molar-refractivity contribution in [2.24, 2.45) is 0 Å². The van der Waals surface area contributed by atoms with Gasteiger partial charge in [-0.05, 0) is 38.1 Å². The summed E-state index contributed by atoms with van der Waals surface area (Å²) in [4.78, 5) is 23.1. The second-order valence-corrected chi connectivity index (χ2v) is 5.74. The van der Waals surface area contributed by atoms with Crippen molar-refractivity contribution in [3.8, 4) is 17.0 Å². The zero-order valence-electron chi connectivity index (χ0n) is 14.9. The number of allylic oxidation sites excluding steroid dienone is 1. The molecule has 26 heavy (non-hydrogen) atoms. The third-order valence-electron chi connectivity index (χ3n) is 3.81. The van der Waals surface area contributed by atoms with Gasteiger partial charge in [0.25, 0.3) is 0 Å². The van der Waals surface area contributed by atoms with E-state index in [1.807, 2.05) is 31.3 Å². The molecular weight excluding hydrogens is 330 g/mol. The number of carbonyl (C=O) groups is 1. The molecule has 0 amide bonds. The summed E-state index contributed by atoms with van der Waals surface area (Å²) in [7, 11) is 0. The third kappa shape index (κ3) is 4.34. The molecule has 0 unspecified atom stereocenters. The summed E-state index contributed by atoms with van der Waals surface area (Å²) in [6.07, 6.45) is 8.74. The number of hydrogen-bond donors (Lipinski definition) is 1. The molecule has 0 atom stereocenters. The van der Waals surface area contributed by atoms with Crippen molar-refractivity contribution in [1.29, 1.82) is 0 Å². The number of pyridine rings is 2. The zero-order chi connectivity index (χ0) is 18.4. The Morgan fingerprint density at radius 1 is 1.19 bits per heavy atom. The number of rotatable bonds is 8. The summed E-state index contributed by atoms with van der Waals surface area (Å²) in [5, 5.41) is 0.956. The van der Waals surface area contributed by atoms with E-state index in [9.17, 15) is 4.79 Å². The summed E-state index contributed by atoms with van der Waals surface area (Å²) in [6.45, 7) is 5.17. The standard InChI is InChI=1S/C20H21N3O3/c1-3-25-8-9-26-19-7-6-15(11-21-19)17-10-18-16(5-4-14(2)24)12-22-20(18)23-13-17/h4-7,10-13H,3,8-9H2,1-2H3,(H,22,23)/b5-4+. The fraction of sp³-hybridized carbons (Fsp3) is 0.250. The molecule has 1 N–H and O–H groups in total. The normalized spacial score (nSPS) is 11.3. The van der Waals surface area contributed by atoms with E-state index >= 15 is 0 Å². The molecule has 134 valence electrons. The molecule has 3 aromatic heterocycles. The van der Waals surface area contributed by atoms with Gasteiger partial charge in [0.05, 0.1) is 6.61 Å². The predicted octanol–water partition coefficient (Wildman–Crippen LogP) is 3.64. The van der Waals surface area contributed by atoms with Crippen LogP contribution in [0.1, 0.15) is 19.4 Å². The first kappa shape index (κ1) is 17.8. The van der Waals surface area contributed by atoms with Gasteiger partial charge < -0.3 is 14.5 Å². The van der Waals surface area contributed by atoms with Crippen LogP contribution >= 0.6 is 0 Å². The van der Waals surface area contributed by atoms with E-state index < -0.39 is 0 Å². The van der Waals surface area contributed by atoms with E-state index in [1.165, 1.54) is 6.92 Å². The molecule has 0 saturated heterocycles. The van der Waals surface area contributed by atoms with Crippen molar-refractivity contribution in [3.63, 3.8) is 0 Å². The zero-order valence-corrected chi connectivity index (χ0v) is 14.9.